The lowest BCUT2D eigenvalue weighted by Crippen LogP contribution is -2.47. The van der Waals surface area contributed by atoms with E-state index in [1.165, 1.54) is 0 Å². The maximum absolute atomic E-state index is 6.20. The standard InChI is InChI=1S/C14H32N2O2/c1-7-12(2)16(10-11-17-5)9-8-13(15)14(3,4)18-6/h12-13H,7-11,15H2,1-6H3. The first kappa shape index (κ1) is 17.8. The average molecular weight is 260 g/mol. The zero-order valence-electron chi connectivity index (χ0n) is 13.0. The van der Waals surface area contributed by atoms with Crippen molar-refractivity contribution in [1.82, 2.24) is 4.90 Å². The lowest BCUT2D eigenvalue weighted by atomic mass is 9.96. The van der Waals surface area contributed by atoms with Crippen LogP contribution in [0, 0.1) is 0 Å². The quantitative estimate of drug-likeness (QED) is 0.651. The molecule has 18 heavy (non-hydrogen) atoms. The molecule has 0 fully saturated rings. The summed E-state index contributed by atoms with van der Waals surface area (Å²) in [5, 5.41) is 0. The molecule has 0 saturated carbocycles. The lowest BCUT2D eigenvalue weighted by molar-refractivity contribution is -0.00530. The highest BCUT2D eigenvalue weighted by Gasteiger charge is 2.26. The van der Waals surface area contributed by atoms with Crippen molar-refractivity contribution in [2.24, 2.45) is 5.73 Å². The fourth-order valence-electron chi connectivity index (χ4n) is 1.82. The molecule has 110 valence electrons. The van der Waals surface area contributed by atoms with E-state index < -0.39 is 0 Å². The summed E-state index contributed by atoms with van der Waals surface area (Å²) in [6.45, 7) is 11.3. The highest BCUT2D eigenvalue weighted by atomic mass is 16.5. The van der Waals surface area contributed by atoms with E-state index in [1.54, 1.807) is 14.2 Å². The van der Waals surface area contributed by atoms with Gasteiger partial charge in [-0.05, 0) is 33.6 Å². The Morgan fingerprint density at radius 1 is 1.22 bits per heavy atom. The van der Waals surface area contributed by atoms with Crippen LogP contribution in [0.2, 0.25) is 0 Å². The Morgan fingerprint density at radius 2 is 1.83 bits per heavy atom. The minimum Gasteiger partial charge on any atom is -0.383 e. The van der Waals surface area contributed by atoms with E-state index in [1.807, 2.05) is 13.8 Å². The van der Waals surface area contributed by atoms with E-state index >= 15 is 0 Å². The Balaban J connectivity index is 4.24. The van der Waals surface area contributed by atoms with Gasteiger partial charge in [0.15, 0.2) is 0 Å². The van der Waals surface area contributed by atoms with Crippen LogP contribution >= 0.6 is 0 Å². The first-order valence-electron chi connectivity index (χ1n) is 6.92. The summed E-state index contributed by atoms with van der Waals surface area (Å²) in [5.74, 6) is 0. The Bertz CT molecular complexity index is 210. The molecule has 0 aromatic rings. The maximum Gasteiger partial charge on any atom is 0.0773 e. The van der Waals surface area contributed by atoms with Crippen molar-refractivity contribution < 1.29 is 9.47 Å². The van der Waals surface area contributed by atoms with Gasteiger partial charge in [-0.15, -0.1) is 0 Å². The number of rotatable bonds is 10. The zero-order chi connectivity index (χ0) is 14.2. The maximum atomic E-state index is 6.20. The fourth-order valence-corrected chi connectivity index (χ4v) is 1.82. The summed E-state index contributed by atoms with van der Waals surface area (Å²) >= 11 is 0. The predicted molar refractivity (Wildman–Crippen MR) is 76.9 cm³/mol. The highest BCUT2D eigenvalue weighted by molar-refractivity contribution is 4.83. The van der Waals surface area contributed by atoms with E-state index in [9.17, 15) is 0 Å². The van der Waals surface area contributed by atoms with Crippen molar-refractivity contribution in [3.8, 4) is 0 Å². The molecule has 0 bridgehead atoms. The van der Waals surface area contributed by atoms with Gasteiger partial charge in [-0.25, -0.2) is 0 Å². The third kappa shape index (κ3) is 6.14. The second kappa shape index (κ2) is 8.86. The van der Waals surface area contributed by atoms with Crippen molar-refractivity contribution in [2.45, 2.75) is 58.2 Å². The van der Waals surface area contributed by atoms with Crippen molar-refractivity contribution in [3.63, 3.8) is 0 Å². The molecule has 0 aromatic carbocycles. The van der Waals surface area contributed by atoms with Gasteiger partial charge in [0.05, 0.1) is 12.2 Å². The molecule has 0 radical (unpaired) electrons. The minimum absolute atomic E-state index is 0.0524. The molecular weight excluding hydrogens is 228 g/mol. The van der Waals surface area contributed by atoms with Crippen LogP contribution in [0.5, 0.6) is 0 Å². The fraction of sp³-hybridized carbons (Fsp3) is 1.00. The van der Waals surface area contributed by atoms with Gasteiger partial charge in [0.2, 0.25) is 0 Å². The molecule has 0 amide bonds. The summed E-state index contributed by atoms with van der Waals surface area (Å²) in [6.07, 6.45) is 2.08. The Kier molecular flexibility index (Phi) is 8.78. The van der Waals surface area contributed by atoms with E-state index in [0.717, 1.165) is 32.5 Å². The van der Waals surface area contributed by atoms with Crippen LogP contribution < -0.4 is 5.73 Å². The summed E-state index contributed by atoms with van der Waals surface area (Å²) in [4.78, 5) is 2.44. The van der Waals surface area contributed by atoms with Gasteiger partial charge < -0.3 is 15.2 Å². The molecule has 4 heteroatoms. The van der Waals surface area contributed by atoms with Crippen LogP contribution in [-0.4, -0.2) is 56.5 Å². The van der Waals surface area contributed by atoms with Gasteiger partial charge in [0.1, 0.15) is 0 Å². The number of ether oxygens (including phenoxy) is 2. The monoisotopic (exact) mass is 260 g/mol. The molecule has 0 aromatic heterocycles. The SMILES string of the molecule is CCC(C)N(CCOC)CCC(N)C(C)(C)OC. The lowest BCUT2D eigenvalue weighted by Gasteiger charge is -2.34. The van der Waals surface area contributed by atoms with Gasteiger partial charge >= 0.3 is 0 Å². The van der Waals surface area contributed by atoms with Gasteiger partial charge in [0, 0.05) is 39.4 Å². The van der Waals surface area contributed by atoms with Crippen molar-refractivity contribution in [3.05, 3.63) is 0 Å². The molecule has 4 nitrogen and oxygen atoms in total. The first-order chi connectivity index (χ1) is 8.38. The third-order valence-electron chi connectivity index (χ3n) is 3.94. The molecule has 0 aliphatic rings. The number of nitrogens with two attached hydrogens (primary N) is 1. The van der Waals surface area contributed by atoms with E-state index in [4.69, 9.17) is 15.2 Å². The van der Waals surface area contributed by atoms with Crippen LogP contribution in [0.4, 0.5) is 0 Å². The molecule has 0 aliphatic carbocycles. The largest absolute Gasteiger partial charge is 0.383 e. The second-order valence-corrected chi connectivity index (χ2v) is 5.49. The van der Waals surface area contributed by atoms with Crippen LogP contribution in [0.25, 0.3) is 0 Å². The van der Waals surface area contributed by atoms with Gasteiger partial charge in [-0.1, -0.05) is 6.92 Å². The molecule has 0 saturated heterocycles. The van der Waals surface area contributed by atoms with Crippen LogP contribution in [0.3, 0.4) is 0 Å². The normalized spacial score (nSPS) is 16.0. The van der Waals surface area contributed by atoms with E-state index in [2.05, 4.69) is 18.7 Å². The smallest absolute Gasteiger partial charge is 0.0773 e. The molecule has 0 rings (SSSR count). The van der Waals surface area contributed by atoms with Crippen LogP contribution in [-0.2, 0) is 9.47 Å². The zero-order valence-corrected chi connectivity index (χ0v) is 13.0. The topological polar surface area (TPSA) is 47.7 Å². The predicted octanol–water partition coefficient (Wildman–Crippen LogP) is 1.88. The average Bonchev–Trinajstić information content (AvgIpc) is 2.37. The van der Waals surface area contributed by atoms with Gasteiger partial charge in [-0.3, -0.25) is 4.90 Å². The molecule has 2 N–H and O–H groups in total. The minimum atomic E-state index is -0.262. The summed E-state index contributed by atoms with van der Waals surface area (Å²) < 4.78 is 10.6. The Labute approximate surface area is 113 Å². The molecule has 0 heterocycles. The number of hydrogen-bond acceptors (Lipinski definition) is 4. The Hall–Kier alpha value is -0.160. The molecule has 2 atom stereocenters. The van der Waals surface area contributed by atoms with Gasteiger partial charge in [0.25, 0.3) is 0 Å². The number of nitrogens with zero attached hydrogens (tertiary/aromatic N) is 1. The highest BCUT2D eigenvalue weighted by Crippen LogP contribution is 2.16. The number of methoxy groups -OCH3 is 2. The third-order valence-corrected chi connectivity index (χ3v) is 3.94. The van der Waals surface area contributed by atoms with Crippen LogP contribution in [0.1, 0.15) is 40.5 Å². The summed E-state index contributed by atoms with van der Waals surface area (Å²) in [7, 11) is 3.46. The van der Waals surface area contributed by atoms with Gasteiger partial charge in [-0.2, -0.15) is 0 Å². The van der Waals surface area contributed by atoms with E-state index in [0.29, 0.717) is 6.04 Å². The summed E-state index contributed by atoms with van der Waals surface area (Å²) in [6, 6.07) is 0.620. The second-order valence-electron chi connectivity index (χ2n) is 5.49. The molecule has 0 spiro atoms. The summed E-state index contributed by atoms with van der Waals surface area (Å²) in [5.41, 5.74) is 5.94. The first-order valence-corrected chi connectivity index (χ1v) is 6.92. The van der Waals surface area contributed by atoms with Crippen molar-refractivity contribution in [2.75, 3.05) is 33.9 Å². The Morgan fingerprint density at radius 3 is 2.28 bits per heavy atom. The molecular formula is C14H32N2O2. The van der Waals surface area contributed by atoms with Crippen LogP contribution in [0.15, 0.2) is 0 Å². The van der Waals surface area contributed by atoms with Crippen molar-refractivity contribution in [1.29, 1.82) is 0 Å². The van der Waals surface area contributed by atoms with E-state index in [-0.39, 0.29) is 11.6 Å². The molecule has 2 unspecified atom stereocenters. The number of hydrogen-bond donors (Lipinski definition) is 1. The van der Waals surface area contributed by atoms with Crippen molar-refractivity contribution >= 4 is 0 Å². The molecule has 0 aliphatic heterocycles.